The maximum atomic E-state index is 12.6. The van der Waals surface area contributed by atoms with Crippen molar-refractivity contribution >= 4 is 5.91 Å². The second-order valence-electron chi connectivity index (χ2n) is 7.10. The number of hydrogen-bond donors (Lipinski definition) is 1. The van der Waals surface area contributed by atoms with Gasteiger partial charge in [-0.05, 0) is 43.6 Å². The summed E-state index contributed by atoms with van der Waals surface area (Å²) in [5.74, 6) is 0.523. The van der Waals surface area contributed by atoms with Crippen molar-refractivity contribution in [3.63, 3.8) is 0 Å². The first kappa shape index (κ1) is 15.4. The Bertz CT molecular complexity index is 743. The minimum atomic E-state index is -0.189. The van der Waals surface area contributed by atoms with Crippen LogP contribution in [0.25, 0.3) is 0 Å². The first-order chi connectivity index (χ1) is 11.6. The van der Waals surface area contributed by atoms with E-state index in [0.717, 1.165) is 31.2 Å². The zero-order valence-electron chi connectivity index (χ0n) is 13.8. The van der Waals surface area contributed by atoms with Crippen LogP contribution in [-0.4, -0.2) is 50.0 Å². The highest BCUT2D eigenvalue weighted by molar-refractivity contribution is 5.92. The average molecular weight is 330 g/mol. The quantitative estimate of drug-likeness (QED) is 0.924. The number of aryl methyl sites for hydroxylation is 1. The topological polar surface area (TPSA) is 84.4 Å². The number of nitrogens with zero attached hydrogens (tertiary/aromatic N) is 4. The molecule has 2 aliphatic rings. The maximum Gasteiger partial charge on any atom is 0.276 e. The minimum Gasteiger partial charge on any atom is -0.393 e. The monoisotopic (exact) mass is 330 g/mol. The molecule has 2 aromatic heterocycles. The zero-order valence-corrected chi connectivity index (χ0v) is 13.8. The van der Waals surface area contributed by atoms with Gasteiger partial charge in [-0.3, -0.25) is 9.48 Å². The summed E-state index contributed by atoms with van der Waals surface area (Å²) in [6.45, 7) is 3.79. The summed E-state index contributed by atoms with van der Waals surface area (Å²) in [7, 11) is 0. The molecule has 0 radical (unpaired) electrons. The van der Waals surface area contributed by atoms with Crippen molar-refractivity contribution in [1.82, 2.24) is 19.8 Å². The van der Waals surface area contributed by atoms with Crippen LogP contribution in [0.2, 0.25) is 0 Å². The van der Waals surface area contributed by atoms with Gasteiger partial charge in [-0.1, -0.05) is 5.16 Å². The first-order valence-corrected chi connectivity index (χ1v) is 8.48. The van der Waals surface area contributed by atoms with Crippen LogP contribution in [0.4, 0.5) is 0 Å². The molecule has 1 unspecified atom stereocenters. The fraction of sp³-hybridized carbons (Fsp3) is 0.588. The van der Waals surface area contributed by atoms with Crippen molar-refractivity contribution in [3.8, 4) is 0 Å². The van der Waals surface area contributed by atoms with E-state index in [1.807, 2.05) is 18.0 Å². The number of amides is 1. The van der Waals surface area contributed by atoms with E-state index >= 15 is 0 Å². The maximum absolute atomic E-state index is 12.6. The number of aromatic nitrogens is 3. The Morgan fingerprint density at radius 1 is 1.42 bits per heavy atom. The highest BCUT2D eigenvalue weighted by Crippen LogP contribution is 2.49. The molecule has 128 valence electrons. The number of aliphatic hydroxyl groups is 1. The van der Waals surface area contributed by atoms with E-state index in [1.165, 1.54) is 0 Å². The third-order valence-electron chi connectivity index (χ3n) is 5.53. The number of piperidine rings is 1. The van der Waals surface area contributed by atoms with E-state index in [9.17, 15) is 9.90 Å². The highest BCUT2D eigenvalue weighted by Gasteiger charge is 2.48. The van der Waals surface area contributed by atoms with Crippen LogP contribution in [0, 0.1) is 12.3 Å². The molecule has 0 bridgehead atoms. The van der Waals surface area contributed by atoms with Gasteiger partial charge >= 0.3 is 0 Å². The predicted octanol–water partition coefficient (Wildman–Crippen LogP) is 1.60. The third kappa shape index (κ3) is 2.62. The van der Waals surface area contributed by atoms with Gasteiger partial charge in [0.25, 0.3) is 5.91 Å². The fourth-order valence-electron chi connectivity index (χ4n) is 3.78. The Balaban J connectivity index is 1.38. The molecule has 1 amide bonds. The zero-order chi connectivity index (χ0) is 16.7. The number of hydrogen-bond acceptors (Lipinski definition) is 5. The van der Waals surface area contributed by atoms with Gasteiger partial charge < -0.3 is 14.5 Å². The Kier molecular flexibility index (Phi) is 3.68. The molecule has 1 N–H and O–H groups in total. The smallest absolute Gasteiger partial charge is 0.276 e. The van der Waals surface area contributed by atoms with E-state index in [1.54, 1.807) is 16.9 Å². The Morgan fingerprint density at radius 2 is 2.21 bits per heavy atom. The summed E-state index contributed by atoms with van der Waals surface area (Å²) in [6, 6.07) is 1.70. The second-order valence-corrected chi connectivity index (χ2v) is 7.10. The van der Waals surface area contributed by atoms with Crippen molar-refractivity contribution < 1.29 is 14.4 Å². The van der Waals surface area contributed by atoms with Crippen LogP contribution in [0.15, 0.2) is 23.0 Å². The second kappa shape index (κ2) is 5.73. The lowest BCUT2D eigenvalue weighted by molar-refractivity contribution is -0.0952. The van der Waals surface area contributed by atoms with E-state index < -0.39 is 0 Å². The number of carbonyl (C=O) groups excluding carboxylic acids is 1. The van der Waals surface area contributed by atoms with E-state index in [-0.39, 0.29) is 17.4 Å². The number of rotatable bonds is 3. The summed E-state index contributed by atoms with van der Waals surface area (Å²) < 4.78 is 7.04. The summed E-state index contributed by atoms with van der Waals surface area (Å²) in [5.41, 5.74) is 1.48. The lowest BCUT2D eigenvalue weighted by Crippen LogP contribution is -2.53. The third-order valence-corrected chi connectivity index (χ3v) is 5.53. The molecule has 1 atom stereocenters. The summed E-state index contributed by atoms with van der Waals surface area (Å²) in [6.07, 6.45) is 7.22. The van der Waals surface area contributed by atoms with Gasteiger partial charge in [0.2, 0.25) is 0 Å². The van der Waals surface area contributed by atoms with Crippen LogP contribution in [0.5, 0.6) is 0 Å². The summed E-state index contributed by atoms with van der Waals surface area (Å²) in [4.78, 5) is 14.4. The molecule has 1 saturated carbocycles. The molecule has 24 heavy (non-hydrogen) atoms. The summed E-state index contributed by atoms with van der Waals surface area (Å²) >= 11 is 0. The number of likely N-dealkylation sites (tertiary alicyclic amines) is 1. The SMILES string of the molecule is Cc1cnn(Cc2cc(C(=O)N3CCC4(CCC4O)CC3)no2)c1. The van der Waals surface area contributed by atoms with Gasteiger partial charge in [0.05, 0.1) is 12.3 Å². The molecule has 0 aromatic carbocycles. The standard InChI is InChI=1S/C17H22N4O3/c1-12-9-18-21(10-12)11-13-8-14(19-24-13)16(23)20-6-4-17(5-7-20)3-2-15(17)22/h8-10,15,22H,2-7,11H2,1H3. The van der Waals surface area contributed by atoms with Crippen molar-refractivity contribution in [3.05, 3.63) is 35.5 Å². The normalized spacial score (nSPS) is 22.6. The molecular formula is C17H22N4O3. The van der Waals surface area contributed by atoms with Gasteiger partial charge in [0.1, 0.15) is 6.54 Å². The molecule has 1 spiro atoms. The number of carbonyl (C=O) groups is 1. The van der Waals surface area contributed by atoms with E-state index in [2.05, 4.69) is 10.3 Å². The van der Waals surface area contributed by atoms with Crippen molar-refractivity contribution in [2.75, 3.05) is 13.1 Å². The Morgan fingerprint density at radius 3 is 2.79 bits per heavy atom. The molecule has 1 saturated heterocycles. The molecule has 2 aromatic rings. The van der Waals surface area contributed by atoms with Crippen LogP contribution >= 0.6 is 0 Å². The molecular weight excluding hydrogens is 308 g/mol. The van der Waals surface area contributed by atoms with E-state index in [4.69, 9.17) is 4.52 Å². The minimum absolute atomic E-state index is 0.0592. The predicted molar refractivity (Wildman–Crippen MR) is 85.4 cm³/mol. The first-order valence-electron chi connectivity index (χ1n) is 8.48. The fourth-order valence-corrected chi connectivity index (χ4v) is 3.78. The molecule has 1 aliphatic carbocycles. The molecule has 3 heterocycles. The lowest BCUT2D eigenvalue weighted by Gasteiger charge is -2.51. The van der Waals surface area contributed by atoms with Crippen LogP contribution in [0.1, 0.15) is 47.5 Å². The summed E-state index contributed by atoms with van der Waals surface area (Å²) in [5, 5.41) is 18.1. The number of aliphatic hydroxyl groups excluding tert-OH is 1. The van der Waals surface area contributed by atoms with Gasteiger partial charge in [0.15, 0.2) is 11.5 Å². The molecule has 4 rings (SSSR count). The molecule has 7 nitrogen and oxygen atoms in total. The Hall–Kier alpha value is -2.15. The lowest BCUT2D eigenvalue weighted by atomic mass is 9.61. The molecule has 2 fully saturated rings. The van der Waals surface area contributed by atoms with Gasteiger partial charge in [-0.25, -0.2) is 0 Å². The van der Waals surface area contributed by atoms with Crippen LogP contribution < -0.4 is 0 Å². The average Bonchev–Trinajstić information content (AvgIpc) is 3.22. The van der Waals surface area contributed by atoms with Crippen molar-refractivity contribution in [2.45, 2.75) is 45.3 Å². The Labute approximate surface area is 140 Å². The van der Waals surface area contributed by atoms with Crippen LogP contribution in [-0.2, 0) is 6.54 Å². The molecule has 7 heteroatoms. The van der Waals surface area contributed by atoms with Crippen molar-refractivity contribution in [1.29, 1.82) is 0 Å². The van der Waals surface area contributed by atoms with E-state index in [0.29, 0.717) is 31.1 Å². The van der Waals surface area contributed by atoms with Gasteiger partial charge in [0, 0.05) is 25.4 Å². The molecule has 1 aliphatic heterocycles. The van der Waals surface area contributed by atoms with Crippen molar-refractivity contribution in [2.24, 2.45) is 5.41 Å². The highest BCUT2D eigenvalue weighted by atomic mass is 16.5. The largest absolute Gasteiger partial charge is 0.393 e. The van der Waals surface area contributed by atoms with Gasteiger partial charge in [-0.2, -0.15) is 5.10 Å². The van der Waals surface area contributed by atoms with Crippen LogP contribution in [0.3, 0.4) is 0 Å². The van der Waals surface area contributed by atoms with Gasteiger partial charge in [-0.15, -0.1) is 0 Å².